The predicted octanol–water partition coefficient (Wildman–Crippen LogP) is 2.54. The average Bonchev–Trinajstić information content (AvgIpc) is 3.19. The van der Waals surface area contributed by atoms with Crippen LogP contribution in [0.5, 0.6) is 0 Å². The summed E-state index contributed by atoms with van der Waals surface area (Å²) in [5.74, 6) is -1.15. The van der Waals surface area contributed by atoms with E-state index in [9.17, 15) is 22.3 Å². The molecular formula is C16H18ClF2N3O3S2. The third-order valence-corrected chi connectivity index (χ3v) is 6.43. The summed E-state index contributed by atoms with van der Waals surface area (Å²) in [5, 5.41) is 9.51. The van der Waals surface area contributed by atoms with Crippen LogP contribution in [0.1, 0.15) is 35.7 Å². The Bertz CT molecular complexity index is 954. The summed E-state index contributed by atoms with van der Waals surface area (Å²) in [6, 6.07) is 1.63. The molecule has 0 amide bonds. The number of aliphatic hydroxyl groups excluding tert-OH is 1. The van der Waals surface area contributed by atoms with Crippen LogP contribution in [0, 0.1) is 11.6 Å². The minimum Gasteiger partial charge on any atom is -0.389 e. The summed E-state index contributed by atoms with van der Waals surface area (Å²) >= 11 is 6.85. The zero-order valence-electron chi connectivity index (χ0n) is 14.4. The van der Waals surface area contributed by atoms with Crippen molar-refractivity contribution in [3.8, 4) is 0 Å². The van der Waals surface area contributed by atoms with Crippen LogP contribution in [-0.2, 0) is 28.5 Å². The average molecular weight is 438 g/mol. The number of rotatable bonds is 6. The van der Waals surface area contributed by atoms with Gasteiger partial charge < -0.3 is 5.11 Å². The first kappa shape index (κ1) is 20.5. The lowest BCUT2D eigenvalue weighted by molar-refractivity contribution is 0.280. The van der Waals surface area contributed by atoms with Crippen molar-refractivity contribution in [3.05, 3.63) is 45.2 Å². The minimum atomic E-state index is -3.41. The number of halogens is 3. The molecule has 0 radical (unpaired) electrons. The van der Waals surface area contributed by atoms with Crippen LogP contribution in [0.2, 0.25) is 5.02 Å². The fourth-order valence-electron chi connectivity index (χ4n) is 3.57. The number of hydrogen-bond acceptors (Lipinski definition) is 6. The molecule has 0 unspecified atom stereocenters. The molecule has 0 bridgehead atoms. The van der Waals surface area contributed by atoms with E-state index in [0.717, 1.165) is 23.9 Å². The van der Waals surface area contributed by atoms with Gasteiger partial charge in [-0.25, -0.2) is 26.9 Å². The maximum atomic E-state index is 14.3. The lowest BCUT2D eigenvalue weighted by Gasteiger charge is -2.27. The van der Waals surface area contributed by atoms with E-state index in [0.29, 0.717) is 30.1 Å². The van der Waals surface area contributed by atoms with E-state index in [-0.39, 0.29) is 29.7 Å². The lowest BCUT2D eigenvalue weighted by atomic mass is 9.79. The second-order valence-electron chi connectivity index (χ2n) is 6.81. The van der Waals surface area contributed by atoms with E-state index in [1.54, 1.807) is 0 Å². The van der Waals surface area contributed by atoms with E-state index >= 15 is 0 Å². The summed E-state index contributed by atoms with van der Waals surface area (Å²) < 4.78 is 57.9. The van der Waals surface area contributed by atoms with Crippen LogP contribution in [-0.4, -0.2) is 35.2 Å². The van der Waals surface area contributed by atoms with E-state index in [2.05, 4.69) is 14.1 Å². The Morgan fingerprint density at radius 1 is 1.41 bits per heavy atom. The van der Waals surface area contributed by atoms with Crippen molar-refractivity contribution in [2.24, 2.45) is 0 Å². The van der Waals surface area contributed by atoms with Gasteiger partial charge in [-0.15, -0.1) is 0 Å². The Balaban J connectivity index is 1.97. The van der Waals surface area contributed by atoms with Crippen molar-refractivity contribution in [3.63, 3.8) is 0 Å². The van der Waals surface area contributed by atoms with Gasteiger partial charge in [0.2, 0.25) is 10.0 Å². The number of nitrogens with zero attached hydrogens (tertiary/aromatic N) is 2. The number of aromatic nitrogens is 2. The van der Waals surface area contributed by atoms with Gasteiger partial charge >= 0.3 is 0 Å². The van der Waals surface area contributed by atoms with Crippen LogP contribution in [0.15, 0.2) is 12.1 Å². The maximum Gasteiger partial charge on any atom is 0.208 e. The highest BCUT2D eigenvalue weighted by Crippen LogP contribution is 2.44. The van der Waals surface area contributed by atoms with Crippen LogP contribution >= 0.6 is 23.1 Å². The molecule has 1 fully saturated rings. The van der Waals surface area contributed by atoms with E-state index in [1.807, 2.05) is 0 Å². The molecule has 1 aromatic carbocycles. The van der Waals surface area contributed by atoms with Crippen molar-refractivity contribution in [2.45, 2.75) is 43.7 Å². The topological polar surface area (TPSA) is 92.2 Å². The number of benzene rings is 1. The molecule has 1 aliphatic carbocycles. The van der Waals surface area contributed by atoms with Gasteiger partial charge in [-0.3, -0.25) is 0 Å². The molecule has 148 valence electrons. The Morgan fingerprint density at radius 3 is 2.78 bits per heavy atom. The molecule has 0 saturated heterocycles. The third kappa shape index (κ3) is 4.62. The smallest absolute Gasteiger partial charge is 0.208 e. The molecule has 2 atom stereocenters. The molecule has 11 heteroatoms. The number of nitrogens with one attached hydrogen (secondary N) is 1. The highest BCUT2D eigenvalue weighted by molar-refractivity contribution is 7.88. The quantitative estimate of drug-likeness (QED) is 0.677. The van der Waals surface area contributed by atoms with Crippen molar-refractivity contribution in [1.29, 1.82) is 0 Å². The van der Waals surface area contributed by atoms with Gasteiger partial charge in [-0.2, -0.15) is 4.37 Å². The number of sulfonamides is 1. The Labute approximate surface area is 164 Å². The zero-order chi connectivity index (χ0) is 19.8. The highest BCUT2D eigenvalue weighted by Gasteiger charge is 2.45. The van der Waals surface area contributed by atoms with Gasteiger partial charge in [0.05, 0.1) is 17.9 Å². The van der Waals surface area contributed by atoms with Crippen LogP contribution < -0.4 is 4.72 Å². The van der Waals surface area contributed by atoms with Gasteiger partial charge in [0.1, 0.15) is 22.5 Å². The van der Waals surface area contributed by atoms with Crippen molar-refractivity contribution < 1.29 is 22.3 Å². The molecule has 1 saturated carbocycles. The number of hydrogen-bond donors (Lipinski definition) is 2. The highest BCUT2D eigenvalue weighted by atomic mass is 35.5. The zero-order valence-corrected chi connectivity index (χ0v) is 16.8. The van der Waals surface area contributed by atoms with Crippen LogP contribution in [0.3, 0.4) is 0 Å². The standard InChI is InChI=1S/C16H18ClF2N3O3S2/c1-27(24,25)22-10-2-3-16(7-10,15-20-14(8-23)26-21-15)6-9-4-11(17)13(19)5-12(9)18/h4-5,10,22-23H,2-3,6-8H2,1H3/t10-,16+/m0/s1. The first-order valence-corrected chi connectivity index (χ1v) is 11.2. The molecule has 3 rings (SSSR count). The van der Waals surface area contributed by atoms with E-state index in [4.69, 9.17) is 11.6 Å². The molecule has 1 heterocycles. The van der Waals surface area contributed by atoms with E-state index in [1.165, 1.54) is 6.07 Å². The fourth-order valence-corrected chi connectivity index (χ4v) is 5.17. The van der Waals surface area contributed by atoms with Crippen LogP contribution in [0.25, 0.3) is 0 Å². The van der Waals surface area contributed by atoms with E-state index < -0.39 is 27.1 Å². The Kier molecular flexibility index (Phi) is 5.83. The maximum absolute atomic E-state index is 14.3. The molecule has 0 aliphatic heterocycles. The molecule has 0 spiro atoms. The second-order valence-corrected chi connectivity index (χ2v) is 9.84. The third-order valence-electron chi connectivity index (χ3n) is 4.69. The first-order valence-electron chi connectivity index (χ1n) is 8.16. The summed E-state index contributed by atoms with van der Waals surface area (Å²) in [4.78, 5) is 4.33. The minimum absolute atomic E-state index is 0.141. The fraction of sp³-hybridized carbons (Fsp3) is 0.500. The van der Waals surface area contributed by atoms with Crippen molar-refractivity contribution in [1.82, 2.24) is 14.1 Å². The molecule has 1 aliphatic rings. The number of aliphatic hydroxyl groups is 1. The van der Waals surface area contributed by atoms with Gasteiger partial charge in [0.15, 0.2) is 0 Å². The van der Waals surface area contributed by atoms with Crippen LogP contribution in [0.4, 0.5) is 8.78 Å². The normalized spacial score (nSPS) is 23.1. The largest absolute Gasteiger partial charge is 0.389 e. The van der Waals surface area contributed by atoms with Crippen molar-refractivity contribution in [2.75, 3.05) is 6.26 Å². The van der Waals surface area contributed by atoms with Gasteiger partial charge in [-0.05, 0) is 48.8 Å². The summed E-state index contributed by atoms with van der Waals surface area (Å²) in [6.45, 7) is -0.268. The second kappa shape index (κ2) is 7.67. The molecule has 1 aromatic heterocycles. The predicted molar refractivity (Wildman–Crippen MR) is 98.2 cm³/mol. The van der Waals surface area contributed by atoms with Crippen molar-refractivity contribution >= 4 is 33.2 Å². The first-order chi connectivity index (χ1) is 12.6. The Morgan fingerprint density at radius 2 is 2.15 bits per heavy atom. The lowest BCUT2D eigenvalue weighted by Crippen LogP contribution is -2.35. The molecule has 2 aromatic rings. The molecule has 27 heavy (non-hydrogen) atoms. The van der Waals surface area contributed by atoms with Gasteiger partial charge in [0, 0.05) is 17.5 Å². The molecule has 2 N–H and O–H groups in total. The summed E-state index contributed by atoms with van der Waals surface area (Å²) in [5.41, 5.74) is -0.532. The summed E-state index contributed by atoms with van der Waals surface area (Å²) in [7, 11) is -3.41. The summed E-state index contributed by atoms with van der Waals surface area (Å²) in [6.07, 6.45) is 2.61. The Hall–Kier alpha value is -1.20. The monoisotopic (exact) mass is 437 g/mol. The molecular weight excluding hydrogens is 420 g/mol. The van der Waals surface area contributed by atoms with Gasteiger partial charge in [0.25, 0.3) is 0 Å². The molecule has 6 nitrogen and oxygen atoms in total. The SMILES string of the molecule is CS(=O)(=O)N[C@H]1CC[C@](Cc2cc(Cl)c(F)cc2F)(c2nsc(CO)n2)C1. The van der Waals surface area contributed by atoms with Gasteiger partial charge in [-0.1, -0.05) is 11.6 Å².